The monoisotopic (exact) mass is 296 g/mol. The van der Waals surface area contributed by atoms with Gasteiger partial charge in [-0.3, -0.25) is 0 Å². The summed E-state index contributed by atoms with van der Waals surface area (Å²) in [5.74, 6) is 0. The van der Waals surface area contributed by atoms with Crippen LogP contribution in [0.15, 0.2) is 34.8 Å². The van der Waals surface area contributed by atoms with Gasteiger partial charge in [0.2, 0.25) is 0 Å². The summed E-state index contributed by atoms with van der Waals surface area (Å²) < 4.78 is 6.70. The maximum absolute atomic E-state index is 5.60. The molecule has 0 radical (unpaired) electrons. The molecule has 0 saturated carbocycles. The molecule has 0 atom stereocenters. The largest absolute Gasteiger partial charge is 0.376 e. The van der Waals surface area contributed by atoms with Crippen LogP contribution in [0.1, 0.15) is 38.2 Å². The van der Waals surface area contributed by atoms with E-state index in [2.05, 4.69) is 41.1 Å². The summed E-state index contributed by atoms with van der Waals surface area (Å²) in [4.78, 5) is 0. The van der Waals surface area contributed by atoms with E-state index in [9.17, 15) is 0 Å². The number of ether oxygens (including phenoxy) is 1. The zero-order chi connectivity index (χ0) is 12.3. The van der Waals surface area contributed by atoms with E-state index in [1.807, 2.05) is 18.2 Å². The maximum atomic E-state index is 5.60. The van der Waals surface area contributed by atoms with Crippen molar-refractivity contribution >= 4 is 22.0 Å². The van der Waals surface area contributed by atoms with E-state index >= 15 is 0 Å². The lowest BCUT2D eigenvalue weighted by atomic mass is 10.2. The minimum absolute atomic E-state index is 0.668. The van der Waals surface area contributed by atoms with Gasteiger partial charge in [-0.2, -0.15) is 0 Å². The second-order valence-corrected chi connectivity index (χ2v) is 5.13. The first-order valence-corrected chi connectivity index (χ1v) is 7.11. The summed E-state index contributed by atoms with van der Waals surface area (Å²) in [5.41, 5.74) is 1.20. The maximum Gasteiger partial charge on any atom is 0.0782 e. The highest BCUT2D eigenvalue weighted by molar-refractivity contribution is 9.11. The third kappa shape index (κ3) is 7.35. The van der Waals surface area contributed by atoms with E-state index < -0.39 is 0 Å². The third-order valence-electron chi connectivity index (χ3n) is 2.51. The summed E-state index contributed by atoms with van der Waals surface area (Å²) in [6.07, 6.45) is 7.13. The van der Waals surface area contributed by atoms with Crippen molar-refractivity contribution in [3.05, 3.63) is 40.4 Å². The molecule has 0 amide bonds. The molecule has 1 aromatic carbocycles. The Morgan fingerprint density at radius 2 is 1.94 bits per heavy atom. The van der Waals surface area contributed by atoms with Crippen LogP contribution in [0.2, 0.25) is 0 Å². The average molecular weight is 297 g/mol. The highest BCUT2D eigenvalue weighted by Gasteiger charge is 1.94. The molecule has 0 spiro atoms. The predicted octanol–water partition coefficient (Wildman–Crippen LogP) is 5.02. The first kappa shape index (κ1) is 14.5. The number of rotatable bonds is 8. The van der Waals surface area contributed by atoms with Gasteiger partial charge in [0.1, 0.15) is 0 Å². The Bertz CT molecular complexity index is 319. The van der Waals surface area contributed by atoms with Gasteiger partial charge >= 0.3 is 0 Å². The van der Waals surface area contributed by atoms with Crippen molar-refractivity contribution < 1.29 is 4.74 Å². The van der Waals surface area contributed by atoms with Crippen LogP contribution in [0.4, 0.5) is 0 Å². The Kier molecular flexibility index (Phi) is 8.02. The van der Waals surface area contributed by atoms with Gasteiger partial charge in [0.05, 0.1) is 6.61 Å². The van der Waals surface area contributed by atoms with Crippen LogP contribution in [0, 0.1) is 0 Å². The van der Waals surface area contributed by atoms with Gasteiger partial charge in [-0.15, -0.1) is 0 Å². The third-order valence-corrected chi connectivity index (χ3v) is 2.96. The van der Waals surface area contributed by atoms with E-state index in [1.54, 1.807) is 0 Å². The van der Waals surface area contributed by atoms with Gasteiger partial charge in [-0.1, -0.05) is 72.4 Å². The normalized spacial score (nSPS) is 11.8. The Morgan fingerprint density at radius 1 is 1.18 bits per heavy atom. The lowest BCUT2D eigenvalue weighted by Crippen LogP contribution is -1.96. The fourth-order valence-corrected chi connectivity index (χ4v) is 2.00. The Labute approximate surface area is 113 Å². The zero-order valence-corrected chi connectivity index (χ0v) is 12.1. The van der Waals surface area contributed by atoms with Crippen LogP contribution < -0.4 is 0 Å². The molecule has 17 heavy (non-hydrogen) atoms. The summed E-state index contributed by atoms with van der Waals surface area (Å²) in [5, 5.41) is 0. The topological polar surface area (TPSA) is 9.23 Å². The van der Waals surface area contributed by atoms with Crippen molar-refractivity contribution in [1.82, 2.24) is 0 Å². The Balaban J connectivity index is 2.17. The van der Waals surface area contributed by atoms with E-state index in [0.29, 0.717) is 6.61 Å². The lowest BCUT2D eigenvalue weighted by molar-refractivity contribution is 0.156. The van der Waals surface area contributed by atoms with E-state index in [1.165, 1.54) is 31.2 Å². The van der Waals surface area contributed by atoms with Crippen molar-refractivity contribution in [1.29, 1.82) is 0 Å². The minimum atomic E-state index is 0.668. The molecule has 0 aliphatic carbocycles. The van der Waals surface area contributed by atoms with E-state index in [4.69, 9.17) is 4.74 Å². The molecular weight excluding hydrogens is 276 g/mol. The van der Waals surface area contributed by atoms with Crippen molar-refractivity contribution in [2.24, 2.45) is 0 Å². The number of unbranched alkanes of at least 4 members (excludes halogenated alkanes) is 3. The molecule has 0 bridgehead atoms. The molecule has 0 aliphatic heterocycles. The lowest BCUT2D eigenvalue weighted by Gasteiger charge is -2.03. The number of benzene rings is 1. The van der Waals surface area contributed by atoms with Crippen molar-refractivity contribution in [2.75, 3.05) is 13.2 Å². The Hall–Kier alpha value is -0.600. The fourth-order valence-electron chi connectivity index (χ4n) is 1.57. The van der Waals surface area contributed by atoms with E-state index in [-0.39, 0.29) is 0 Å². The molecule has 1 rings (SSSR count). The van der Waals surface area contributed by atoms with Crippen LogP contribution in [-0.4, -0.2) is 13.2 Å². The predicted molar refractivity (Wildman–Crippen MR) is 78.3 cm³/mol. The van der Waals surface area contributed by atoms with Crippen LogP contribution >= 0.6 is 15.9 Å². The van der Waals surface area contributed by atoms with Gasteiger partial charge in [0, 0.05) is 11.1 Å². The molecule has 0 fully saturated rings. The highest BCUT2D eigenvalue weighted by atomic mass is 79.9. The molecule has 0 aromatic heterocycles. The van der Waals surface area contributed by atoms with Gasteiger partial charge in [-0.05, 0) is 18.1 Å². The molecule has 1 aromatic rings. The van der Waals surface area contributed by atoms with Crippen LogP contribution in [-0.2, 0) is 4.74 Å². The zero-order valence-electron chi connectivity index (χ0n) is 10.5. The molecule has 0 aliphatic rings. The van der Waals surface area contributed by atoms with Crippen molar-refractivity contribution in [2.45, 2.75) is 32.6 Å². The number of halogens is 1. The van der Waals surface area contributed by atoms with Gasteiger partial charge in [-0.25, -0.2) is 0 Å². The van der Waals surface area contributed by atoms with Crippen LogP contribution in [0.3, 0.4) is 0 Å². The van der Waals surface area contributed by atoms with Gasteiger partial charge in [0.15, 0.2) is 0 Å². The molecule has 0 N–H and O–H groups in total. The smallest absolute Gasteiger partial charge is 0.0782 e. The average Bonchev–Trinajstić information content (AvgIpc) is 2.35. The van der Waals surface area contributed by atoms with Gasteiger partial charge in [0.25, 0.3) is 0 Å². The van der Waals surface area contributed by atoms with Crippen LogP contribution in [0.25, 0.3) is 6.08 Å². The summed E-state index contributed by atoms with van der Waals surface area (Å²) in [7, 11) is 0. The number of hydrogen-bond acceptors (Lipinski definition) is 1. The molecule has 1 nitrogen and oxygen atoms in total. The van der Waals surface area contributed by atoms with Crippen molar-refractivity contribution in [3.8, 4) is 0 Å². The fraction of sp³-hybridized carbons (Fsp3) is 0.467. The van der Waals surface area contributed by atoms with Crippen LogP contribution in [0.5, 0.6) is 0 Å². The summed E-state index contributed by atoms with van der Waals surface area (Å²) in [6.45, 7) is 3.75. The molecule has 0 heterocycles. The number of hydrogen-bond donors (Lipinski definition) is 0. The van der Waals surface area contributed by atoms with Gasteiger partial charge < -0.3 is 4.74 Å². The molecule has 0 saturated heterocycles. The summed E-state index contributed by atoms with van der Waals surface area (Å²) >= 11 is 3.53. The quantitative estimate of drug-likeness (QED) is 0.612. The highest BCUT2D eigenvalue weighted by Crippen LogP contribution is 2.12. The molecule has 0 unspecified atom stereocenters. The second kappa shape index (κ2) is 9.43. The SMILES string of the molecule is CCCCCCOCC(Br)=Cc1ccccc1. The van der Waals surface area contributed by atoms with Crippen molar-refractivity contribution in [3.63, 3.8) is 0 Å². The first-order chi connectivity index (χ1) is 8.33. The Morgan fingerprint density at radius 3 is 2.65 bits per heavy atom. The van der Waals surface area contributed by atoms with E-state index in [0.717, 1.165) is 11.1 Å². The molecule has 2 heteroatoms. The molecular formula is C15H21BrO. The second-order valence-electron chi connectivity index (χ2n) is 4.12. The standard InChI is InChI=1S/C15H21BrO/c1-2-3-4-8-11-17-13-15(16)12-14-9-6-5-7-10-14/h5-7,9-10,12H,2-4,8,11,13H2,1H3. The first-order valence-electron chi connectivity index (χ1n) is 6.32. The molecule has 94 valence electrons. The summed E-state index contributed by atoms with van der Waals surface area (Å²) in [6, 6.07) is 10.3. The minimum Gasteiger partial charge on any atom is -0.376 e.